The zero-order valence-electron chi connectivity index (χ0n) is 6.96. The lowest BCUT2D eigenvalue weighted by Gasteiger charge is -1.99. The minimum atomic E-state index is 0.812. The fourth-order valence-electron chi connectivity index (χ4n) is 0.814. The maximum Gasteiger partial charge on any atom is 0.121 e. The molecule has 0 radical (unpaired) electrons. The summed E-state index contributed by atoms with van der Waals surface area (Å²) in [5.74, 6) is 0. The normalized spacial score (nSPS) is 10.1. The van der Waals surface area contributed by atoms with Crippen LogP contribution in [0.2, 0.25) is 0 Å². The predicted molar refractivity (Wildman–Crippen MR) is 55.9 cm³/mol. The predicted octanol–water partition coefficient (Wildman–Crippen LogP) is 2.18. The van der Waals surface area contributed by atoms with Crippen LogP contribution in [0.4, 0.5) is 0 Å². The molecule has 0 aromatic carbocycles. The van der Waals surface area contributed by atoms with Crippen molar-refractivity contribution in [3.63, 3.8) is 0 Å². The number of hydrogen-bond acceptors (Lipinski definition) is 5. The van der Waals surface area contributed by atoms with E-state index in [0.717, 1.165) is 14.5 Å². The smallest absolute Gasteiger partial charge is 0.121 e. The first-order valence-electron chi connectivity index (χ1n) is 3.75. The minimum absolute atomic E-state index is 0.812. The third-order valence-electron chi connectivity index (χ3n) is 1.37. The molecule has 2 aromatic rings. The Hall–Kier alpha value is -1.01. The van der Waals surface area contributed by atoms with Gasteiger partial charge in [0.15, 0.2) is 0 Å². The molecule has 0 spiro atoms. The third kappa shape index (κ3) is 2.27. The van der Waals surface area contributed by atoms with Crippen molar-refractivity contribution in [1.29, 1.82) is 0 Å². The topological polar surface area (TPSA) is 51.6 Å². The second kappa shape index (κ2) is 4.47. The van der Waals surface area contributed by atoms with Crippen LogP contribution in [0.25, 0.3) is 0 Å². The molecule has 2 aromatic heterocycles. The lowest BCUT2D eigenvalue weighted by molar-refractivity contribution is 1.00. The average Bonchev–Trinajstić information content (AvgIpc) is 2.23. The molecule has 0 bridgehead atoms. The molecule has 14 heavy (non-hydrogen) atoms. The number of hydrogen-bond donors (Lipinski definition) is 0. The summed E-state index contributed by atoms with van der Waals surface area (Å²) < 4.78 is 0.857. The maximum atomic E-state index is 4.13. The van der Waals surface area contributed by atoms with Crippen LogP contribution in [0.3, 0.4) is 0 Å². The van der Waals surface area contributed by atoms with Crippen molar-refractivity contribution in [3.8, 4) is 0 Å². The van der Waals surface area contributed by atoms with Gasteiger partial charge in [0.2, 0.25) is 0 Å². The Labute approximate surface area is 93.4 Å². The Morgan fingerprint density at radius 2 is 2.00 bits per heavy atom. The van der Waals surface area contributed by atoms with E-state index in [-0.39, 0.29) is 0 Å². The van der Waals surface area contributed by atoms with Crippen LogP contribution in [-0.4, -0.2) is 19.9 Å². The summed E-state index contributed by atoms with van der Waals surface area (Å²) in [6.45, 7) is 0. The average molecular weight is 269 g/mol. The molecular weight excluding hydrogens is 264 g/mol. The van der Waals surface area contributed by atoms with E-state index in [2.05, 4.69) is 35.9 Å². The SMILES string of the molecule is Brc1cncnc1Sc1cnccn1. The van der Waals surface area contributed by atoms with Gasteiger partial charge in [-0.1, -0.05) is 0 Å². The summed E-state index contributed by atoms with van der Waals surface area (Å²) in [6.07, 6.45) is 8.19. The molecule has 2 rings (SSSR count). The van der Waals surface area contributed by atoms with Gasteiger partial charge in [0.05, 0.1) is 10.7 Å². The summed E-state index contributed by atoms with van der Waals surface area (Å²) in [5.41, 5.74) is 0. The lowest BCUT2D eigenvalue weighted by atomic mass is 10.7. The molecule has 0 unspecified atom stereocenters. The third-order valence-corrected chi connectivity index (χ3v) is 3.16. The molecule has 4 nitrogen and oxygen atoms in total. The van der Waals surface area contributed by atoms with E-state index in [1.54, 1.807) is 24.8 Å². The van der Waals surface area contributed by atoms with Crippen LogP contribution in [0, 0.1) is 0 Å². The number of halogens is 1. The van der Waals surface area contributed by atoms with Gasteiger partial charge in [-0.3, -0.25) is 4.98 Å². The first-order chi connectivity index (χ1) is 6.86. The van der Waals surface area contributed by atoms with E-state index in [1.807, 2.05) is 0 Å². The summed E-state index contributed by atoms with van der Waals surface area (Å²) in [4.78, 5) is 16.1. The Kier molecular flexibility index (Phi) is 3.05. The van der Waals surface area contributed by atoms with Crippen LogP contribution in [0.15, 0.2) is 45.6 Å². The number of nitrogens with zero attached hydrogens (tertiary/aromatic N) is 4. The highest BCUT2D eigenvalue weighted by Crippen LogP contribution is 2.28. The van der Waals surface area contributed by atoms with Crippen LogP contribution in [0.1, 0.15) is 0 Å². The fourth-order valence-corrected chi connectivity index (χ4v) is 1.95. The van der Waals surface area contributed by atoms with Gasteiger partial charge in [-0.2, -0.15) is 0 Å². The Bertz CT molecular complexity index is 423. The van der Waals surface area contributed by atoms with Crippen molar-refractivity contribution in [3.05, 3.63) is 35.6 Å². The van der Waals surface area contributed by atoms with Crippen LogP contribution in [-0.2, 0) is 0 Å². The Morgan fingerprint density at radius 1 is 1.07 bits per heavy atom. The fraction of sp³-hybridized carbons (Fsp3) is 0. The summed E-state index contributed by atoms with van der Waals surface area (Å²) in [5, 5.41) is 1.65. The van der Waals surface area contributed by atoms with Crippen molar-refractivity contribution in [1.82, 2.24) is 19.9 Å². The minimum Gasteiger partial charge on any atom is -0.260 e. The summed E-state index contributed by atoms with van der Waals surface area (Å²) in [7, 11) is 0. The van der Waals surface area contributed by atoms with Gasteiger partial charge >= 0.3 is 0 Å². The highest BCUT2D eigenvalue weighted by Gasteiger charge is 2.03. The van der Waals surface area contributed by atoms with Crippen LogP contribution < -0.4 is 0 Å². The molecule has 0 aliphatic rings. The molecule has 6 heteroatoms. The van der Waals surface area contributed by atoms with E-state index in [1.165, 1.54) is 18.1 Å². The van der Waals surface area contributed by atoms with E-state index in [4.69, 9.17) is 0 Å². The van der Waals surface area contributed by atoms with Gasteiger partial charge < -0.3 is 0 Å². The molecule has 2 heterocycles. The van der Waals surface area contributed by atoms with E-state index >= 15 is 0 Å². The van der Waals surface area contributed by atoms with Crippen molar-refractivity contribution >= 4 is 27.7 Å². The van der Waals surface area contributed by atoms with Crippen LogP contribution in [0.5, 0.6) is 0 Å². The second-order valence-electron chi connectivity index (χ2n) is 2.32. The Balaban J connectivity index is 2.24. The molecule has 0 aliphatic carbocycles. The molecular formula is C8H5BrN4S. The van der Waals surface area contributed by atoms with Crippen molar-refractivity contribution in [2.45, 2.75) is 10.1 Å². The number of rotatable bonds is 2. The van der Waals surface area contributed by atoms with Gasteiger partial charge in [-0.25, -0.2) is 15.0 Å². The second-order valence-corrected chi connectivity index (χ2v) is 4.18. The van der Waals surface area contributed by atoms with Gasteiger partial charge in [0, 0.05) is 18.6 Å². The lowest BCUT2D eigenvalue weighted by Crippen LogP contribution is -1.85. The van der Waals surface area contributed by atoms with E-state index < -0.39 is 0 Å². The molecule has 70 valence electrons. The monoisotopic (exact) mass is 268 g/mol. The van der Waals surface area contributed by atoms with E-state index in [0.29, 0.717) is 0 Å². The zero-order chi connectivity index (χ0) is 9.80. The first-order valence-corrected chi connectivity index (χ1v) is 5.36. The van der Waals surface area contributed by atoms with Gasteiger partial charge in [0.1, 0.15) is 16.4 Å². The molecule has 0 aliphatic heterocycles. The molecule has 0 fully saturated rings. The highest BCUT2D eigenvalue weighted by atomic mass is 79.9. The zero-order valence-corrected chi connectivity index (χ0v) is 9.36. The molecule has 0 N–H and O–H groups in total. The van der Waals surface area contributed by atoms with Crippen molar-refractivity contribution in [2.75, 3.05) is 0 Å². The number of aromatic nitrogens is 4. The van der Waals surface area contributed by atoms with Gasteiger partial charge in [-0.15, -0.1) is 0 Å². The Morgan fingerprint density at radius 3 is 2.71 bits per heavy atom. The van der Waals surface area contributed by atoms with Crippen LogP contribution >= 0.6 is 27.7 Å². The van der Waals surface area contributed by atoms with Gasteiger partial charge in [0.25, 0.3) is 0 Å². The highest BCUT2D eigenvalue weighted by molar-refractivity contribution is 9.10. The quantitative estimate of drug-likeness (QED) is 0.782. The van der Waals surface area contributed by atoms with E-state index in [9.17, 15) is 0 Å². The molecule has 0 amide bonds. The molecule has 0 saturated heterocycles. The molecule has 0 atom stereocenters. The van der Waals surface area contributed by atoms with Crippen molar-refractivity contribution in [2.24, 2.45) is 0 Å². The standard InChI is InChI=1S/C8H5BrN4S/c9-6-3-11-5-13-8(6)14-7-4-10-1-2-12-7/h1-5H. The largest absolute Gasteiger partial charge is 0.260 e. The summed E-state index contributed by atoms with van der Waals surface area (Å²) in [6, 6.07) is 0. The maximum absolute atomic E-state index is 4.13. The molecule has 0 saturated carbocycles. The van der Waals surface area contributed by atoms with Crippen molar-refractivity contribution < 1.29 is 0 Å². The summed E-state index contributed by atoms with van der Waals surface area (Å²) >= 11 is 4.80. The first kappa shape index (κ1) is 9.54. The van der Waals surface area contributed by atoms with Gasteiger partial charge in [-0.05, 0) is 27.7 Å².